The fourth-order valence-corrected chi connectivity index (χ4v) is 4.13. The summed E-state index contributed by atoms with van der Waals surface area (Å²) >= 11 is 6.02. The molecule has 3 rings (SSSR count). The monoisotopic (exact) mass is 408 g/mol. The average Bonchev–Trinajstić information content (AvgIpc) is 3.16. The molecule has 2 aromatic rings. The first-order valence-corrected chi connectivity index (χ1v) is 10.5. The molecule has 1 amide bonds. The second kappa shape index (κ2) is 8.19. The summed E-state index contributed by atoms with van der Waals surface area (Å²) in [6.07, 6.45) is 2.04. The van der Waals surface area contributed by atoms with Gasteiger partial charge in [0.15, 0.2) is 6.61 Å². The van der Waals surface area contributed by atoms with Crippen molar-refractivity contribution >= 4 is 33.2 Å². The third-order valence-corrected chi connectivity index (χ3v) is 6.15. The second-order valence-electron chi connectivity index (χ2n) is 6.42. The Morgan fingerprint density at radius 1 is 1.19 bits per heavy atom. The molecule has 1 aliphatic heterocycles. The molecule has 8 heteroatoms. The normalized spacial score (nSPS) is 14.2. The van der Waals surface area contributed by atoms with E-state index in [1.165, 1.54) is 12.1 Å². The van der Waals surface area contributed by atoms with Crippen LogP contribution < -0.4 is 9.46 Å². The first kappa shape index (κ1) is 19.5. The number of benzene rings is 2. The number of ether oxygens (including phenoxy) is 1. The van der Waals surface area contributed by atoms with E-state index in [1.807, 2.05) is 0 Å². The maximum Gasteiger partial charge on any atom is 0.261 e. The first-order chi connectivity index (χ1) is 12.8. The van der Waals surface area contributed by atoms with Crippen molar-refractivity contribution in [1.82, 2.24) is 4.90 Å². The van der Waals surface area contributed by atoms with E-state index in [0.29, 0.717) is 16.5 Å². The lowest BCUT2D eigenvalue weighted by Crippen LogP contribution is -2.32. The number of sulfonamides is 1. The Bertz CT molecular complexity index is 940. The summed E-state index contributed by atoms with van der Waals surface area (Å²) in [5.41, 5.74) is 1.14. The molecule has 27 heavy (non-hydrogen) atoms. The Labute approximate surface area is 164 Å². The molecular weight excluding hydrogens is 388 g/mol. The van der Waals surface area contributed by atoms with E-state index in [0.717, 1.165) is 31.5 Å². The minimum Gasteiger partial charge on any atom is -0.484 e. The van der Waals surface area contributed by atoms with E-state index in [9.17, 15) is 13.2 Å². The second-order valence-corrected chi connectivity index (χ2v) is 8.51. The van der Waals surface area contributed by atoms with Crippen LogP contribution in [0.2, 0.25) is 5.02 Å². The molecule has 1 fully saturated rings. The van der Waals surface area contributed by atoms with Gasteiger partial charge in [0.1, 0.15) is 5.75 Å². The summed E-state index contributed by atoms with van der Waals surface area (Å²) in [5.74, 6) is 0.359. The Kier molecular flexibility index (Phi) is 5.92. The minimum atomic E-state index is -3.78. The zero-order valence-corrected chi connectivity index (χ0v) is 16.5. The minimum absolute atomic E-state index is 0.0622. The third kappa shape index (κ3) is 4.93. The van der Waals surface area contributed by atoms with Crippen molar-refractivity contribution in [3.05, 3.63) is 53.1 Å². The molecule has 1 saturated heterocycles. The number of aryl methyl sites for hydroxylation is 1. The summed E-state index contributed by atoms with van der Waals surface area (Å²) in [6.45, 7) is 3.27. The van der Waals surface area contributed by atoms with Crippen molar-refractivity contribution in [3.8, 4) is 5.75 Å². The predicted molar refractivity (Wildman–Crippen MR) is 105 cm³/mol. The maximum atomic E-state index is 12.5. The quantitative estimate of drug-likeness (QED) is 0.794. The van der Waals surface area contributed by atoms with Gasteiger partial charge in [-0.15, -0.1) is 0 Å². The van der Waals surface area contributed by atoms with Gasteiger partial charge >= 0.3 is 0 Å². The molecule has 6 nitrogen and oxygen atoms in total. The fraction of sp³-hybridized carbons (Fsp3) is 0.316. The van der Waals surface area contributed by atoms with Gasteiger partial charge in [-0.05, 0) is 49.6 Å². The summed E-state index contributed by atoms with van der Waals surface area (Å²) in [7, 11) is -3.78. The number of amides is 1. The van der Waals surface area contributed by atoms with E-state index in [-0.39, 0.29) is 17.4 Å². The van der Waals surface area contributed by atoms with Crippen LogP contribution in [0.15, 0.2) is 47.4 Å². The van der Waals surface area contributed by atoms with Gasteiger partial charge < -0.3 is 9.64 Å². The summed E-state index contributed by atoms with van der Waals surface area (Å²) in [6, 6.07) is 11.1. The number of nitrogens with one attached hydrogen (secondary N) is 1. The van der Waals surface area contributed by atoms with Crippen molar-refractivity contribution in [3.63, 3.8) is 0 Å². The zero-order chi connectivity index (χ0) is 19.4. The van der Waals surface area contributed by atoms with Gasteiger partial charge in [0, 0.05) is 24.2 Å². The Hall–Kier alpha value is -2.25. The van der Waals surface area contributed by atoms with Crippen LogP contribution in [0.4, 0.5) is 5.69 Å². The molecule has 0 unspecified atom stereocenters. The lowest BCUT2D eigenvalue weighted by atomic mass is 10.2. The highest BCUT2D eigenvalue weighted by atomic mass is 35.5. The van der Waals surface area contributed by atoms with Gasteiger partial charge in [-0.1, -0.05) is 23.7 Å². The number of carbonyl (C=O) groups excluding carboxylic acids is 1. The molecule has 0 saturated carbocycles. The molecule has 0 radical (unpaired) electrons. The molecule has 1 N–H and O–H groups in total. The smallest absolute Gasteiger partial charge is 0.261 e. The van der Waals surface area contributed by atoms with E-state index >= 15 is 0 Å². The Morgan fingerprint density at radius 3 is 2.63 bits per heavy atom. The van der Waals surface area contributed by atoms with E-state index in [2.05, 4.69) is 4.72 Å². The van der Waals surface area contributed by atoms with E-state index < -0.39 is 10.0 Å². The van der Waals surface area contributed by atoms with Gasteiger partial charge in [-0.2, -0.15) is 0 Å². The van der Waals surface area contributed by atoms with Crippen molar-refractivity contribution in [2.24, 2.45) is 0 Å². The number of carbonyl (C=O) groups is 1. The highest BCUT2D eigenvalue weighted by molar-refractivity contribution is 7.92. The fourth-order valence-electron chi connectivity index (χ4n) is 2.81. The van der Waals surface area contributed by atoms with Crippen LogP contribution in [-0.2, 0) is 14.8 Å². The lowest BCUT2D eigenvalue weighted by molar-refractivity contribution is -0.132. The largest absolute Gasteiger partial charge is 0.484 e. The lowest BCUT2D eigenvalue weighted by Gasteiger charge is -2.16. The number of rotatable bonds is 6. The molecule has 1 aliphatic rings. The first-order valence-electron chi connectivity index (χ1n) is 8.65. The molecule has 0 aromatic heterocycles. The predicted octanol–water partition coefficient (Wildman–Crippen LogP) is 3.45. The SMILES string of the molecule is Cc1ccc(S(=O)(=O)Nc2cccc(OCC(=O)N3CCCC3)c2)cc1Cl. The molecule has 144 valence electrons. The van der Waals surface area contributed by atoms with Crippen LogP contribution in [0.3, 0.4) is 0 Å². The van der Waals surface area contributed by atoms with E-state index in [4.69, 9.17) is 16.3 Å². The van der Waals surface area contributed by atoms with Gasteiger partial charge in [-0.3, -0.25) is 9.52 Å². The van der Waals surface area contributed by atoms with Crippen LogP contribution in [0.5, 0.6) is 5.75 Å². The Morgan fingerprint density at radius 2 is 1.93 bits per heavy atom. The van der Waals surface area contributed by atoms with Gasteiger partial charge in [0.05, 0.1) is 10.6 Å². The highest BCUT2D eigenvalue weighted by Crippen LogP contribution is 2.24. The van der Waals surface area contributed by atoms with Gasteiger partial charge in [0.2, 0.25) is 0 Å². The van der Waals surface area contributed by atoms with Crippen molar-refractivity contribution < 1.29 is 17.9 Å². The molecule has 0 aliphatic carbocycles. The standard InChI is InChI=1S/C19H21ClN2O4S/c1-14-7-8-17(12-18(14)20)27(24,25)21-15-5-4-6-16(11-15)26-13-19(23)22-9-2-3-10-22/h4-8,11-12,21H,2-3,9-10,13H2,1H3. The zero-order valence-electron chi connectivity index (χ0n) is 14.9. The molecular formula is C19H21ClN2O4S. The third-order valence-electron chi connectivity index (χ3n) is 4.36. The molecule has 0 atom stereocenters. The molecule has 0 spiro atoms. The number of nitrogens with zero attached hydrogens (tertiary/aromatic N) is 1. The van der Waals surface area contributed by atoms with Gasteiger partial charge in [-0.25, -0.2) is 8.42 Å². The number of halogens is 1. The molecule has 0 bridgehead atoms. The topological polar surface area (TPSA) is 75.7 Å². The van der Waals surface area contributed by atoms with Crippen LogP contribution in [0, 0.1) is 6.92 Å². The summed E-state index contributed by atoms with van der Waals surface area (Å²) in [5, 5.41) is 0.385. The van der Waals surface area contributed by atoms with Crippen LogP contribution in [-0.4, -0.2) is 38.9 Å². The van der Waals surface area contributed by atoms with Crippen LogP contribution >= 0.6 is 11.6 Å². The highest BCUT2D eigenvalue weighted by Gasteiger charge is 2.19. The van der Waals surface area contributed by atoms with E-state index in [1.54, 1.807) is 42.2 Å². The number of hydrogen-bond acceptors (Lipinski definition) is 4. The maximum absolute atomic E-state index is 12.5. The van der Waals surface area contributed by atoms with Crippen molar-refractivity contribution in [2.45, 2.75) is 24.7 Å². The average molecular weight is 409 g/mol. The Balaban J connectivity index is 1.67. The summed E-state index contributed by atoms with van der Waals surface area (Å²) < 4.78 is 33.1. The molecule has 2 aromatic carbocycles. The van der Waals surface area contributed by atoms with Crippen LogP contribution in [0.25, 0.3) is 0 Å². The van der Waals surface area contributed by atoms with Crippen molar-refractivity contribution in [2.75, 3.05) is 24.4 Å². The number of anilines is 1. The summed E-state index contributed by atoms with van der Waals surface area (Å²) in [4.78, 5) is 13.9. The van der Waals surface area contributed by atoms with Gasteiger partial charge in [0.25, 0.3) is 15.9 Å². The molecule has 1 heterocycles. The van der Waals surface area contributed by atoms with Crippen molar-refractivity contribution in [1.29, 1.82) is 0 Å². The van der Waals surface area contributed by atoms with Crippen LogP contribution in [0.1, 0.15) is 18.4 Å². The number of likely N-dealkylation sites (tertiary alicyclic amines) is 1. The number of hydrogen-bond donors (Lipinski definition) is 1.